The molecule has 0 N–H and O–H groups in total. The van der Waals surface area contributed by atoms with Gasteiger partial charge in [-0.3, -0.25) is 14.2 Å². The van der Waals surface area contributed by atoms with E-state index in [9.17, 15) is 9.59 Å². The van der Waals surface area contributed by atoms with Gasteiger partial charge < -0.3 is 4.90 Å². The van der Waals surface area contributed by atoms with Crippen molar-refractivity contribution in [1.82, 2.24) is 14.5 Å². The molecule has 0 bridgehead atoms. The van der Waals surface area contributed by atoms with Crippen LogP contribution >= 0.6 is 11.8 Å². The average Bonchev–Trinajstić information content (AvgIpc) is 2.62. The van der Waals surface area contributed by atoms with Gasteiger partial charge in [0.25, 0.3) is 5.56 Å². The quantitative estimate of drug-likeness (QED) is 0.512. The molecule has 0 aliphatic rings. The van der Waals surface area contributed by atoms with Crippen LogP contribution in [0.2, 0.25) is 0 Å². The maximum absolute atomic E-state index is 13.3. The second-order valence-corrected chi connectivity index (χ2v) is 8.14. The van der Waals surface area contributed by atoms with Crippen LogP contribution in [0, 0.1) is 13.8 Å². The van der Waals surface area contributed by atoms with Crippen LogP contribution in [0.25, 0.3) is 16.6 Å². The highest BCUT2D eigenvalue weighted by atomic mass is 32.2. The molecular formula is C21H23N3O2S. The van der Waals surface area contributed by atoms with Gasteiger partial charge in [-0.1, -0.05) is 41.6 Å². The highest BCUT2D eigenvalue weighted by Crippen LogP contribution is 2.27. The van der Waals surface area contributed by atoms with Crippen LogP contribution in [-0.2, 0) is 4.79 Å². The zero-order chi connectivity index (χ0) is 19.7. The first-order valence-corrected chi connectivity index (χ1v) is 9.65. The van der Waals surface area contributed by atoms with Crippen molar-refractivity contribution in [3.63, 3.8) is 0 Å². The number of carbonyl (C=O) groups is 1. The van der Waals surface area contributed by atoms with Crippen LogP contribution in [0.15, 0.2) is 52.4 Å². The van der Waals surface area contributed by atoms with E-state index >= 15 is 0 Å². The summed E-state index contributed by atoms with van der Waals surface area (Å²) in [5.74, 6) is -0.0189. The molecule has 1 amide bonds. The fraction of sp³-hybridized carbons (Fsp3) is 0.286. The van der Waals surface area contributed by atoms with E-state index in [1.165, 1.54) is 11.8 Å². The molecule has 3 rings (SSSR count). The molecule has 0 aliphatic heterocycles. The number of amides is 1. The fourth-order valence-electron chi connectivity index (χ4n) is 3.03. The molecule has 6 heteroatoms. The van der Waals surface area contributed by atoms with Gasteiger partial charge in [-0.05, 0) is 44.5 Å². The van der Waals surface area contributed by atoms with Gasteiger partial charge in [0.05, 0.1) is 21.8 Å². The van der Waals surface area contributed by atoms with Gasteiger partial charge in [0, 0.05) is 14.1 Å². The van der Waals surface area contributed by atoms with E-state index in [1.54, 1.807) is 29.6 Å². The molecule has 0 spiro atoms. The van der Waals surface area contributed by atoms with Gasteiger partial charge in [-0.15, -0.1) is 0 Å². The van der Waals surface area contributed by atoms with Crippen molar-refractivity contribution in [2.75, 3.05) is 14.1 Å². The van der Waals surface area contributed by atoms with Gasteiger partial charge in [0.1, 0.15) is 0 Å². The van der Waals surface area contributed by atoms with Gasteiger partial charge in [-0.25, -0.2) is 4.98 Å². The first-order valence-electron chi connectivity index (χ1n) is 8.77. The number of fused-ring (bicyclic) bond motifs is 1. The summed E-state index contributed by atoms with van der Waals surface area (Å²) in [4.78, 5) is 31.9. The molecule has 1 atom stereocenters. The number of para-hydroxylation sites is 1. The molecule has 0 saturated carbocycles. The molecule has 1 heterocycles. The number of nitrogens with zero attached hydrogens (tertiary/aromatic N) is 3. The van der Waals surface area contributed by atoms with E-state index in [2.05, 4.69) is 0 Å². The highest BCUT2D eigenvalue weighted by molar-refractivity contribution is 8.00. The zero-order valence-corrected chi connectivity index (χ0v) is 17.0. The lowest BCUT2D eigenvalue weighted by atomic mass is 10.1. The average molecular weight is 382 g/mol. The lowest BCUT2D eigenvalue weighted by molar-refractivity contribution is -0.127. The summed E-state index contributed by atoms with van der Waals surface area (Å²) in [5, 5.41) is 0.729. The van der Waals surface area contributed by atoms with Crippen LogP contribution < -0.4 is 5.56 Å². The number of rotatable bonds is 4. The van der Waals surface area contributed by atoms with Crippen LogP contribution in [0.5, 0.6) is 0 Å². The minimum atomic E-state index is -0.356. The molecular weight excluding hydrogens is 358 g/mol. The van der Waals surface area contributed by atoms with Crippen molar-refractivity contribution in [2.45, 2.75) is 31.2 Å². The molecule has 0 saturated heterocycles. The number of aromatic nitrogens is 2. The van der Waals surface area contributed by atoms with Crippen LogP contribution in [0.3, 0.4) is 0 Å². The van der Waals surface area contributed by atoms with E-state index in [4.69, 9.17) is 4.98 Å². The standard InChI is InChI=1S/C21H23N3O2S/c1-13-10-11-18(14(2)12-13)24-20(26)16-8-6-7-9-17(16)22-21(24)27-15(3)19(25)23(4)5/h6-12,15H,1-5H3/t15-/m1/s1. The molecule has 5 nitrogen and oxygen atoms in total. The summed E-state index contributed by atoms with van der Waals surface area (Å²) in [6, 6.07) is 13.3. The Morgan fingerprint density at radius 1 is 1.15 bits per heavy atom. The Labute approximate surface area is 163 Å². The summed E-state index contributed by atoms with van der Waals surface area (Å²) in [7, 11) is 3.45. The fourth-order valence-corrected chi connectivity index (χ4v) is 4.10. The molecule has 2 aromatic carbocycles. The van der Waals surface area contributed by atoms with Crippen LogP contribution in [-0.4, -0.2) is 39.7 Å². The minimum Gasteiger partial charge on any atom is -0.348 e. The van der Waals surface area contributed by atoms with Crippen molar-refractivity contribution >= 4 is 28.6 Å². The number of hydrogen-bond acceptors (Lipinski definition) is 4. The summed E-state index contributed by atoms with van der Waals surface area (Å²) in [6.07, 6.45) is 0. The number of thioether (sulfide) groups is 1. The van der Waals surface area contributed by atoms with E-state index < -0.39 is 0 Å². The summed E-state index contributed by atoms with van der Waals surface area (Å²) >= 11 is 1.30. The molecule has 0 fully saturated rings. The number of aryl methyl sites for hydroxylation is 2. The Bertz CT molecular complexity index is 1070. The first kappa shape index (κ1) is 19.2. The van der Waals surface area contributed by atoms with Gasteiger partial charge >= 0.3 is 0 Å². The van der Waals surface area contributed by atoms with Crippen LogP contribution in [0.4, 0.5) is 0 Å². The van der Waals surface area contributed by atoms with E-state index in [1.807, 2.05) is 57.2 Å². The molecule has 27 heavy (non-hydrogen) atoms. The molecule has 140 valence electrons. The molecule has 0 unspecified atom stereocenters. The number of hydrogen-bond donors (Lipinski definition) is 0. The Morgan fingerprint density at radius 3 is 2.52 bits per heavy atom. The lowest BCUT2D eigenvalue weighted by Crippen LogP contribution is -2.31. The Hall–Kier alpha value is -2.60. The highest BCUT2D eigenvalue weighted by Gasteiger charge is 2.21. The largest absolute Gasteiger partial charge is 0.348 e. The molecule has 3 aromatic rings. The predicted octanol–water partition coefficient (Wildman–Crippen LogP) is 3.57. The van der Waals surface area contributed by atoms with E-state index in [0.29, 0.717) is 16.1 Å². The number of carbonyl (C=O) groups excluding carboxylic acids is 1. The summed E-state index contributed by atoms with van der Waals surface area (Å²) < 4.78 is 1.63. The third-order valence-corrected chi connectivity index (χ3v) is 5.45. The van der Waals surface area contributed by atoms with E-state index in [0.717, 1.165) is 16.8 Å². The second-order valence-electron chi connectivity index (χ2n) is 6.83. The van der Waals surface area contributed by atoms with Gasteiger partial charge in [-0.2, -0.15) is 0 Å². The monoisotopic (exact) mass is 381 g/mol. The van der Waals surface area contributed by atoms with E-state index in [-0.39, 0.29) is 16.7 Å². The first-order chi connectivity index (χ1) is 12.8. The summed E-state index contributed by atoms with van der Waals surface area (Å²) in [5.41, 5.74) is 3.41. The normalized spacial score (nSPS) is 12.2. The third kappa shape index (κ3) is 3.76. The van der Waals surface area contributed by atoms with Crippen molar-refractivity contribution < 1.29 is 4.79 Å². The van der Waals surface area contributed by atoms with Crippen molar-refractivity contribution in [3.05, 3.63) is 63.9 Å². The van der Waals surface area contributed by atoms with Gasteiger partial charge in [0.2, 0.25) is 5.91 Å². The Kier molecular flexibility index (Phi) is 5.37. The van der Waals surface area contributed by atoms with Crippen molar-refractivity contribution in [3.8, 4) is 5.69 Å². The summed E-state index contributed by atoms with van der Waals surface area (Å²) in [6.45, 7) is 5.83. The van der Waals surface area contributed by atoms with Gasteiger partial charge in [0.15, 0.2) is 5.16 Å². The maximum atomic E-state index is 13.3. The minimum absolute atomic E-state index is 0.0189. The lowest BCUT2D eigenvalue weighted by Gasteiger charge is -2.19. The topological polar surface area (TPSA) is 55.2 Å². The third-order valence-electron chi connectivity index (χ3n) is 4.41. The maximum Gasteiger partial charge on any atom is 0.266 e. The smallest absolute Gasteiger partial charge is 0.266 e. The number of benzene rings is 2. The second kappa shape index (κ2) is 7.56. The molecule has 0 radical (unpaired) electrons. The Morgan fingerprint density at radius 2 is 1.85 bits per heavy atom. The van der Waals surface area contributed by atoms with Crippen molar-refractivity contribution in [2.24, 2.45) is 0 Å². The zero-order valence-electron chi connectivity index (χ0n) is 16.2. The van der Waals surface area contributed by atoms with Crippen molar-refractivity contribution in [1.29, 1.82) is 0 Å². The molecule has 0 aliphatic carbocycles. The molecule has 1 aromatic heterocycles. The Balaban J connectivity index is 2.24. The van der Waals surface area contributed by atoms with Crippen LogP contribution in [0.1, 0.15) is 18.1 Å². The SMILES string of the molecule is Cc1ccc(-n2c(S[C@H](C)C(=O)N(C)C)nc3ccccc3c2=O)c(C)c1. The predicted molar refractivity (Wildman–Crippen MR) is 111 cm³/mol.